The maximum Gasteiger partial charge on any atom is 0.222 e. The van der Waals surface area contributed by atoms with Gasteiger partial charge in [0.2, 0.25) is 5.95 Å². The fraction of sp³-hybridized carbons (Fsp3) is 0.167. The minimum absolute atomic E-state index is 0.566. The molecule has 1 aromatic carbocycles. The number of hydrogen-bond acceptors (Lipinski definition) is 3. The maximum absolute atomic E-state index is 6.17. The second kappa shape index (κ2) is 4.90. The summed E-state index contributed by atoms with van der Waals surface area (Å²) in [5, 5.41) is 4.10. The zero-order chi connectivity index (χ0) is 12.4. The van der Waals surface area contributed by atoms with Gasteiger partial charge in [0.15, 0.2) is 0 Å². The van der Waals surface area contributed by atoms with Gasteiger partial charge in [0, 0.05) is 23.8 Å². The molecule has 0 aliphatic heterocycles. The summed E-state index contributed by atoms with van der Waals surface area (Å²) in [5.41, 5.74) is 2.63. The lowest BCUT2D eigenvalue weighted by Crippen LogP contribution is -1.99. The maximum atomic E-state index is 6.17. The largest absolute Gasteiger partial charge is 0.357 e. The van der Waals surface area contributed by atoms with Gasteiger partial charge in [-0.1, -0.05) is 23.2 Å². The molecule has 88 valence electrons. The second-order valence-electron chi connectivity index (χ2n) is 3.60. The van der Waals surface area contributed by atoms with Crippen LogP contribution in [-0.4, -0.2) is 17.0 Å². The van der Waals surface area contributed by atoms with Crippen LogP contribution < -0.4 is 5.32 Å². The van der Waals surface area contributed by atoms with Crippen molar-refractivity contribution in [3.05, 3.63) is 40.0 Å². The first kappa shape index (κ1) is 12.1. The SMILES string of the molecule is CNc1ncc(C)c(-c2ccc(Cl)cc2Cl)n1. The van der Waals surface area contributed by atoms with Crippen molar-refractivity contribution in [3.8, 4) is 11.3 Å². The Bertz CT molecular complexity index is 555. The number of benzene rings is 1. The molecule has 0 spiro atoms. The quantitative estimate of drug-likeness (QED) is 0.900. The van der Waals surface area contributed by atoms with Crippen LogP contribution in [0.25, 0.3) is 11.3 Å². The lowest BCUT2D eigenvalue weighted by atomic mass is 10.1. The van der Waals surface area contributed by atoms with Crippen molar-refractivity contribution in [1.29, 1.82) is 0 Å². The van der Waals surface area contributed by atoms with Crippen LogP contribution in [0, 0.1) is 6.92 Å². The van der Waals surface area contributed by atoms with E-state index in [0.29, 0.717) is 16.0 Å². The summed E-state index contributed by atoms with van der Waals surface area (Å²) in [7, 11) is 1.78. The fourth-order valence-electron chi connectivity index (χ4n) is 1.52. The zero-order valence-corrected chi connectivity index (χ0v) is 11.0. The van der Waals surface area contributed by atoms with Crippen LogP contribution in [-0.2, 0) is 0 Å². The van der Waals surface area contributed by atoms with E-state index in [9.17, 15) is 0 Å². The smallest absolute Gasteiger partial charge is 0.222 e. The number of aryl methyl sites for hydroxylation is 1. The van der Waals surface area contributed by atoms with Crippen molar-refractivity contribution in [3.63, 3.8) is 0 Å². The van der Waals surface area contributed by atoms with Gasteiger partial charge in [0.1, 0.15) is 0 Å². The Hall–Kier alpha value is -1.32. The average molecular weight is 268 g/mol. The lowest BCUT2D eigenvalue weighted by Gasteiger charge is -2.08. The van der Waals surface area contributed by atoms with E-state index in [4.69, 9.17) is 23.2 Å². The van der Waals surface area contributed by atoms with Crippen molar-refractivity contribution < 1.29 is 0 Å². The molecule has 0 radical (unpaired) electrons. The highest BCUT2D eigenvalue weighted by molar-refractivity contribution is 6.36. The minimum Gasteiger partial charge on any atom is -0.357 e. The first-order chi connectivity index (χ1) is 8.11. The summed E-state index contributed by atoms with van der Waals surface area (Å²) in [6, 6.07) is 5.36. The third-order valence-corrected chi connectivity index (χ3v) is 2.93. The van der Waals surface area contributed by atoms with E-state index in [0.717, 1.165) is 16.8 Å². The molecule has 2 aromatic rings. The number of anilines is 1. The Morgan fingerprint density at radius 3 is 2.65 bits per heavy atom. The van der Waals surface area contributed by atoms with Crippen LogP contribution in [0.4, 0.5) is 5.95 Å². The van der Waals surface area contributed by atoms with Crippen molar-refractivity contribution in [2.24, 2.45) is 0 Å². The van der Waals surface area contributed by atoms with Gasteiger partial charge in [-0.15, -0.1) is 0 Å². The van der Waals surface area contributed by atoms with Crippen LogP contribution in [0.1, 0.15) is 5.56 Å². The molecule has 5 heteroatoms. The van der Waals surface area contributed by atoms with Gasteiger partial charge < -0.3 is 5.32 Å². The number of hydrogen-bond donors (Lipinski definition) is 1. The van der Waals surface area contributed by atoms with Gasteiger partial charge in [-0.2, -0.15) is 0 Å². The molecule has 0 unspecified atom stereocenters. The number of nitrogens with zero attached hydrogens (tertiary/aromatic N) is 2. The van der Waals surface area contributed by atoms with Crippen molar-refractivity contribution >= 4 is 29.2 Å². The summed E-state index contributed by atoms with van der Waals surface area (Å²) in [6.07, 6.45) is 1.76. The van der Waals surface area contributed by atoms with Crippen LogP contribution in [0.5, 0.6) is 0 Å². The van der Waals surface area contributed by atoms with Crippen molar-refractivity contribution in [2.45, 2.75) is 6.92 Å². The molecule has 0 saturated carbocycles. The predicted molar refractivity (Wildman–Crippen MR) is 71.8 cm³/mol. The molecule has 0 aliphatic carbocycles. The average Bonchev–Trinajstić information content (AvgIpc) is 2.30. The summed E-state index contributed by atoms with van der Waals surface area (Å²) < 4.78 is 0. The highest BCUT2D eigenvalue weighted by Crippen LogP contribution is 2.31. The molecule has 1 N–H and O–H groups in total. The minimum atomic E-state index is 0.566. The summed E-state index contributed by atoms with van der Waals surface area (Å²) in [6.45, 7) is 1.94. The van der Waals surface area contributed by atoms with E-state index in [2.05, 4.69) is 15.3 Å². The van der Waals surface area contributed by atoms with E-state index >= 15 is 0 Å². The molecule has 0 amide bonds. The molecule has 1 aromatic heterocycles. The molecule has 0 atom stereocenters. The molecule has 1 heterocycles. The molecule has 0 saturated heterocycles. The van der Waals surface area contributed by atoms with Gasteiger partial charge in [0.25, 0.3) is 0 Å². The van der Waals surface area contributed by atoms with E-state index in [1.807, 2.05) is 13.0 Å². The van der Waals surface area contributed by atoms with Crippen LogP contribution in [0.3, 0.4) is 0 Å². The Morgan fingerprint density at radius 1 is 1.24 bits per heavy atom. The van der Waals surface area contributed by atoms with Crippen LogP contribution in [0.2, 0.25) is 10.0 Å². The number of rotatable bonds is 2. The fourth-order valence-corrected chi connectivity index (χ4v) is 2.01. The van der Waals surface area contributed by atoms with Gasteiger partial charge in [-0.25, -0.2) is 9.97 Å². The normalized spacial score (nSPS) is 10.4. The first-order valence-electron chi connectivity index (χ1n) is 5.08. The van der Waals surface area contributed by atoms with Crippen molar-refractivity contribution in [1.82, 2.24) is 9.97 Å². The Morgan fingerprint density at radius 2 is 2.00 bits per heavy atom. The summed E-state index contributed by atoms with van der Waals surface area (Å²) >= 11 is 12.0. The van der Waals surface area contributed by atoms with Crippen LogP contribution >= 0.6 is 23.2 Å². The van der Waals surface area contributed by atoms with Gasteiger partial charge in [-0.3, -0.25) is 0 Å². The van der Waals surface area contributed by atoms with Crippen molar-refractivity contribution in [2.75, 3.05) is 12.4 Å². The van der Waals surface area contributed by atoms with E-state index in [1.165, 1.54) is 0 Å². The predicted octanol–water partition coefficient (Wildman–Crippen LogP) is 3.80. The number of aromatic nitrogens is 2. The van der Waals surface area contributed by atoms with Crippen LogP contribution in [0.15, 0.2) is 24.4 Å². The number of halogens is 2. The first-order valence-corrected chi connectivity index (χ1v) is 5.84. The molecule has 0 aliphatic rings. The lowest BCUT2D eigenvalue weighted by molar-refractivity contribution is 1.12. The molecule has 2 rings (SSSR count). The topological polar surface area (TPSA) is 37.8 Å². The third-order valence-electron chi connectivity index (χ3n) is 2.38. The number of nitrogens with one attached hydrogen (secondary N) is 1. The highest BCUT2D eigenvalue weighted by Gasteiger charge is 2.10. The monoisotopic (exact) mass is 267 g/mol. The van der Waals surface area contributed by atoms with E-state index < -0.39 is 0 Å². The second-order valence-corrected chi connectivity index (χ2v) is 4.44. The van der Waals surface area contributed by atoms with Gasteiger partial charge >= 0.3 is 0 Å². The Labute approximate surface area is 110 Å². The zero-order valence-electron chi connectivity index (χ0n) is 9.46. The highest BCUT2D eigenvalue weighted by atomic mass is 35.5. The molecular formula is C12H11Cl2N3. The molecule has 0 fully saturated rings. The van der Waals surface area contributed by atoms with E-state index in [1.54, 1.807) is 25.4 Å². The van der Waals surface area contributed by atoms with E-state index in [-0.39, 0.29) is 0 Å². The van der Waals surface area contributed by atoms with Gasteiger partial charge in [0.05, 0.1) is 10.7 Å². The summed E-state index contributed by atoms with van der Waals surface area (Å²) in [4.78, 5) is 8.54. The molecule has 17 heavy (non-hydrogen) atoms. The third kappa shape index (κ3) is 2.51. The Balaban J connectivity index is 2.59. The Kier molecular flexibility index (Phi) is 3.50. The summed E-state index contributed by atoms with van der Waals surface area (Å²) in [5.74, 6) is 0.566. The van der Waals surface area contributed by atoms with Gasteiger partial charge in [-0.05, 0) is 30.7 Å². The standard InChI is InChI=1S/C12H11Cl2N3/c1-7-6-16-12(15-2)17-11(7)9-4-3-8(13)5-10(9)14/h3-6H,1-2H3,(H,15,16,17). The molecule has 0 bridgehead atoms. The molecular weight excluding hydrogens is 257 g/mol. The molecule has 3 nitrogen and oxygen atoms in total.